The third-order valence-corrected chi connectivity index (χ3v) is 3.84. The molecule has 0 aliphatic carbocycles. The van der Waals surface area contributed by atoms with E-state index >= 15 is 0 Å². The highest BCUT2D eigenvalue weighted by atomic mass is 35.5. The molecule has 25 heavy (non-hydrogen) atoms. The number of ether oxygens (including phenoxy) is 2. The van der Waals surface area contributed by atoms with Crippen molar-refractivity contribution in [3.63, 3.8) is 0 Å². The molecule has 2 aromatic rings. The highest BCUT2D eigenvalue weighted by molar-refractivity contribution is 7.71. The lowest BCUT2D eigenvalue weighted by atomic mass is 10.2. The molecule has 0 unspecified atom stereocenters. The summed E-state index contributed by atoms with van der Waals surface area (Å²) >= 11 is 11.6. The Balaban J connectivity index is 2.37. The van der Waals surface area contributed by atoms with Crippen LogP contribution in [0.3, 0.4) is 0 Å². The van der Waals surface area contributed by atoms with E-state index in [0.717, 1.165) is 17.8 Å². The maximum atomic E-state index is 6.37. The Kier molecular flexibility index (Phi) is 7.01. The number of nitrogens with zero attached hydrogens (tertiary/aromatic N) is 3. The molecule has 0 spiro atoms. The third kappa shape index (κ3) is 4.83. The van der Waals surface area contributed by atoms with Gasteiger partial charge in [0.25, 0.3) is 0 Å². The van der Waals surface area contributed by atoms with Crippen LogP contribution in [0.4, 0.5) is 0 Å². The molecule has 2 rings (SSSR count). The standard InChI is InChI=1S/C17H23ClN4O2S/c1-5-7-24-15-13(18)8-12(9-14(15)23-6-2)10-19-22-16(11(3)4)20-21-17(22)25/h8-11H,5-7H2,1-4H3,(H,21,25)/b19-10-. The van der Waals surface area contributed by atoms with E-state index < -0.39 is 0 Å². The third-order valence-electron chi connectivity index (χ3n) is 3.30. The number of benzene rings is 1. The van der Waals surface area contributed by atoms with Crippen LogP contribution in [0, 0.1) is 4.77 Å². The summed E-state index contributed by atoms with van der Waals surface area (Å²) in [6, 6.07) is 3.64. The number of hydrogen-bond donors (Lipinski definition) is 1. The van der Waals surface area contributed by atoms with Crippen LogP contribution >= 0.6 is 23.8 Å². The summed E-state index contributed by atoms with van der Waals surface area (Å²) in [6.07, 6.45) is 2.57. The zero-order valence-corrected chi connectivity index (χ0v) is 16.4. The largest absolute Gasteiger partial charge is 0.490 e. The van der Waals surface area contributed by atoms with Crippen LogP contribution in [-0.2, 0) is 0 Å². The molecule has 0 fully saturated rings. The molecule has 1 N–H and O–H groups in total. The van der Waals surface area contributed by atoms with Crippen molar-refractivity contribution < 1.29 is 9.47 Å². The average molecular weight is 383 g/mol. The van der Waals surface area contributed by atoms with Gasteiger partial charge in [0, 0.05) is 5.92 Å². The van der Waals surface area contributed by atoms with Gasteiger partial charge in [0.1, 0.15) is 0 Å². The van der Waals surface area contributed by atoms with Gasteiger partial charge in [0.15, 0.2) is 17.3 Å². The van der Waals surface area contributed by atoms with E-state index in [1.54, 1.807) is 17.0 Å². The maximum absolute atomic E-state index is 6.37. The summed E-state index contributed by atoms with van der Waals surface area (Å²) in [4.78, 5) is 0. The number of H-pyrrole nitrogens is 1. The molecular formula is C17H23ClN4O2S. The van der Waals surface area contributed by atoms with E-state index in [2.05, 4.69) is 15.3 Å². The molecule has 0 aliphatic rings. The van der Waals surface area contributed by atoms with Crippen LogP contribution in [0.2, 0.25) is 5.02 Å². The van der Waals surface area contributed by atoms with E-state index in [1.807, 2.05) is 33.8 Å². The van der Waals surface area contributed by atoms with Gasteiger partial charge in [-0.3, -0.25) is 5.10 Å². The summed E-state index contributed by atoms with van der Waals surface area (Å²) in [5.41, 5.74) is 0.787. The predicted octanol–water partition coefficient (Wildman–Crippen LogP) is 4.79. The van der Waals surface area contributed by atoms with Crippen LogP contribution < -0.4 is 9.47 Å². The summed E-state index contributed by atoms with van der Waals surface area (Å²) in [5, 5.41) is 11.9. The van der Waals surface area contributed by atoms with Crippen LogP contribution in [-0.4, -0.2) is 34.3 Å². The van der Waals surface area contributed by atoms with Gasteiger partial charge in [-0.2, -0.15) is 14.9 Å². The predicted molar refractivity (Wildman–Crippen MR) is 103 cm³/mol. The molecule has 0 amide bonds. The molecule has 0 saturated carbocycles. The smallest absolute Gasteiger partial charge is 0.216 e. The first-order valence-corrected chi connectivity index (χ1v) is 9.07. The first-order valence-electron chi connectivity index (χ1n) is 8.28. The van der Waals surface area contributed by atoms with Crippen molar-refractivity contribution in [2.45, 2.75) is 40.0 Å². The van der Waals surface area contributed by atoms with Crippen molar-refractivity contribution in [2.24, 2.45) is 5.10 Å². The molecule has 8 heteroatoms. The second-order valence-corrected chi connectivity index (χ2v) is 6.50. The van der Waals surface area contributed by atoms with Gasteiger partial charge in [-0.1, -0.05) is 32.4 Å². The molecule has 1 heterocycles. The zero-order chi connectivity index (χ0) is 18.4. The molecule has 0 saturated heterocycles. The minimum atomic E-state index is 0.192. The fourth-order valence-electron chi connectivity index (χ4n) is 2.18. The first kappa shape index (κ1) is 19.5. The molecule has 1 aromatic heterocycles. The maximum Gasteiger partial charge on any atom is 0.216 e. The number of hydrogen-bond acceptors (Lipinski definition) is 5. The van der Waals surface area contributed by atoms with Crippen molar-refractivity contribution >= 4 is 30.0 Å². The lowest BCUT2D eigenvalue weighted by Crippen LogP contribution is -2.03. The fraction of sp³-hybridized carbons (Fsp3) is 0.471. The van der Waals surface area contributed by atoms with Crippen molar-refractivity contribution in [3.8, 4) is 11.5 Å². The monoisotopic (exact) mass is 382 g/mol. The summed E-state index contributed by atoms with van der Waals surface area (Å²) < 4.78 is 13.4. The minimum absolute atomic E-state index is 0.192. The summed E-state index contributed by atoms with van der Waals surface area (Å²) in [5.74, 6) is 2.12. The number of rotatable bonds is 8. The average Bonchev–Trinajstić information content (AvgIpc) is 2.93. The minimum Gasteiger partial charge on any atom is -0.490 e. The number of aromatic amines is 1. The van der Waals surface area contributed by atoms with E-state index in [1.165, 1.54) is 0 Å². The van der Waals surface area contributed by atoms with Crippen LogP contribution in [0.15, 0.2) is 17.2 Å². The molecule has 6 nitrogen and oxygen atoms in total. The Morgan fingerprint density at radius 1 is 1.36 bits per heavy atom. The first-order chi connectivity index (χ1) is 12.0. The van der Waals surface area contributed by atoms with Crippen molar-refractivity contribution in [2.75, 3.05) is 13.2 Å². The van der Waals surface area contributed by atoms with Crippen molar-refractivity contribution in [1.29, 1.82) is 0 Å². The highest BCUT2D eigenvalue weighted by Crippen LogP contribution is 2.36. The Hall–Kier alpha value is -1.86. The fourth-order valence-corrected chi connectivity index (χ4v) is 2.64. The Labute approximate surface area is 157 Å². The molecule has 0 bridgehead atoms. The lowest BCUT2D eigenvalue weighted by Gasteiger charge is -2.13. The van der Waals surface area contributed by atoms with Gasteiger partial charge >= 0.3 is 0 Å². The highest BCUT2D eigenvalue weighted by Gasteiger charge is 2.13. The number of nitrogens with one attached hydrogen (secondary N) is 1. The van der Waals surface area contributed by atoms with Gasteiger partial charge in [0.2, 0.25) is 4.77 Å². The quantitative estimate of drug-likeness (QED) is 0.526. The molecule has 136 valence electrons. The van der Waals surface area contributed by atoms with Gasteiger partial charge < -0.3 is 9.47 Å². The SMILES string of the molecule is CCCOc1c(Cl)cc(/C=N\n2c(C(C)C)n[nH]c2=S)cc1OCC. The summed E-state index contributed by atoms with van der Waals surface area (Å²) in [6.45, 7) is 9.11. The van der Waals surface area contributed by atoms with Crippen molar-refractivity contribution in [1.82, 2.24) is 14.9 Å². The van der Waals surface area contributed by atoms with E-state index in [4.69, 9.17) is 33.3 Å². The van der Waals surface area contributed by atoms with Crippen LogP contribution in [0.25, 0.3) is 0 Å². The van der Waals surface area contributed by atoms with Crippen LogP contribution in [0.1, 0.15) is 51.4 Å². The van der Waals surface area contributed by atoms with E-state index in [0.29, 0.717) is 34.5 Å². The summed E-state index contributed by atoms with van der Waals surface area (Å²) in [7, 11) is 0. The second-order valence-electron chi connectivity index (χ2n) is 5.71. The molecular weight excluding hydrogens is 360 g/mol. The van der Waals surface area contributed by atoms with E-state index in [9.17, 15) is 0 Å². The second kappa shape index (κ2) is 9.01. The molecule has 0 aliphatic heterocycles. The Bertz CT molecular complexity index is 798. The Morgan fingerprint density at radius 3 is 2.76 bits per heavy atom. The van der Waals surface area contributed by atoms with Crippen LogP contribution in [0.5, 0.6) is 11.5 Å². The van der Waals surface area contributed by atoms with Gasteiger partial charge in [0.05, 0.1) is 24.5 Å². The number of aromatic nitrogens is 3. The topological polar surface area (TPSA) is 64.4 Å². The lowest BCUT2D eigenvalue weighted by molar-refractivity contribution is 0.277. The van der Waals surface area contributed by atoms with E-state index in [-0.39, 0.29) is 5.92 Å². The zero-order valence-electron chi connectivity index (χ0n) is 14.9. The molecule has 0 radical (unpaired) electrons. The normalized spacial score (nSPS) is 11.4. The van der Waals surface area contributed by atoms with Crippen molar-refractivity contribution in [3.05, 3.63) is 33.3 Å². The van der Waals surface area contributed by atoms with Gasteiger partial charge in [-0.25, -0.2) is 0 Å². The van der Waals surface area contributed by atoms with Gasteiger partial charge in [-0.05, 0) is 43.3 Å². The van der Waals surface area contributed by atoms with Gasteiger partial charge in [-0.15, -0.1) is 0 Å². The number of halogens is 1. The molecule has 0 atom stereocenters. The Morgan fingerprint density at radius 2 is 2.12 bits per heavy atom. The molecule has 1 aromatic carbocycles.